The van der Waals surface area contributed by atoms with Gasteiger partial charge in [0.05, 0.1) is 0 Å². The lowest BCUT2D eigenvalue weighted by Crippen LogP contribution is -1.96. The Labute approximate surface area is 67.5 Å². The van der Waals surface area contributed by atoms with Crippen molar-refractivity contribution in [2.24, 2.45) is 11.8 Å². The maximum Gasteiger partial charge on any atom is 0.158 e. The molecule has 2 atom stereocenters. The van der Waals surface area contributed by atoms with Crippen LogP contribution in [-0.4, -0.2) is 5.78 Å². The highest BCUT2D eigenvalue weighted by molar-refractivity contribution is 5.93. The summed E-state index contributed by atoms with van der Waals surface area (Å²) in [5, 5.41) is 0. The molecule has 2 aliphatic rings. The zero-order chi connectivity index (χ0) is 7.68. The highest BCUT2D eigenvalue weighted by atomic mass is 16.1. The van der Waals surface area contributed by atoms with Gasteiger partial charge in [-0.3, -0.25) is 4.79 Å². The second-order valence-corrected chi connectivity index (χ2v) is 3.69. The number of ketones is 1. The first kappa shape index (κ1) is 7.08. The molecular formula is C10H14O. The molecule has 0 aromatic heterocycles. The summed E-state index contributed by atoms with van der Waals surface area (Å²) in [6, 6.07) is 0. The van der Waals surface area contributed by atoms with Crippen LogP contribution in [0.4, 0.5) is 0 Å². The van der Waals surface area contributed by atoms with Gasteiger partial charge in [-0.05, 0) is 37.7 Å². The maximum absolute atomic E-state index is 11.3. The van der Waals surface area contributed by atoms with E-state index in [0.717, 1.165) is 12.3 Å². The van der Waals surface area contributed by atoms with Crippen molar-refractivity contribution in [3.8, 4) is 0 Å². The van der Waals surface area contributed by atoms with Gasteiger partial charge >= 0.3 is 0 Å². The standard InChI is InChI=1S/C10H14O/c11-10-6-4-2-1-3-5-8-7-9(8)10/h4,6,8-9H,1-3,5,7H2/b6-4+/t8-,9+/m0/s1. The molecule has 1 nitrogen and oxygen atoms in total. The van der Waals surface area contributed by atoms with Gasteiger partial charge in [-0.1, -0.05) is 12.5 Å². The number of hydrogen-bond donors (Lipinski definition) is 0. The van der Waals surface area contributed by atoms with Gasteiger partial charge < -0.3 is 0 Å². The van der Waals surface area contributed by atoms with Crippen LogP contribution >= 0.6 is 0 Å². The van der Waals surface area contributed by atoms with Crippen molar-refractivity contribution in [2.45, 2.75) is 32.1 Å². The van der Waals surface area contributed by atoms with Gasteiger partial charge in [0.15, 0.2) is 5.78 Å². The van der Waals surface area contributed by atoms with Gasteiger partial charge in [-0.2, -0.15) is 0 Å². The fraction of sp³-hybridized carbons (Fsp3) is 0.700. The number of carbonyl (C=O) groups excluding carboxylic acids is 1. The Morgan fingerprint density at radius 1 is 1.36 bits per heavy atom. The SMILES string of the molecule is O=C1/C=C/CCCC[C@H]2C[C@@H]12. The molecule has 0 unspecified atom stereocenters. The summed E-state index contributed by atoms with van der Waals surface area (Å²) in [7, 11) is 0. The highest BCUT2D eigenvalue weighted by Crippen LogP contribution is 2.43. The van der Waals surface area contributed by atoms with Crippen LogP contribution in [-0.2, 0) is 4.79 Å². The zero-order valence-electron chi connectivity index (χ0n) is 6.75. The summed E-state index contributed by atoms with van der Waals surface area (Å²) in [6.45, 7) is 0. The van der Waals surface area contributed by atoms with Crippen LogP contribution in [0.3, 0.4) is 0 Å². The molecule has 0 aliphatic heterocycles. The number of carbonyl (C=O) groups is 1. The second kappa shape index (κ2) is 2.80. The fourth-order valence-electron chi connectivity index (χ4n) is 1.91. The van der Waals surface area contributed by atoms with E-state index in [4.69, 9.17) is 0 Å². The van der Waals surface area contributed by atoms with Gasteiger partial charge in [-0.25, -0.2) is 0 Å². The van der Waals surface area contributed by atoms with Gasteiger partial charge in [0.2, 0.25) is 0 Å². The molecule has 1 fully saturated rings. The molecule has 2 aliphatic carbocycles. The number of fused-ring (bicyclic) bond motifs is 1. The van der Waals surface area contributed by atoms with E-state index < -0.39 is 0 Å². The molecule has 1 saturated carbocycles. The summed E-state index contributed by atoms with van der Waals surface area (Å²) in [6.07, 6.45) is 10.00. The minimum absolute atomic E-state index is 0.386. The number of rotatable bonds is 0. The quantitative estimate of drug-likeness (QED) is 0.518. The van der Waals surface area contributed by atoms with E-state index in [0.29, 0.717) is 11.7 Å². The first-order valence-electron chi connectivity index (χ1n) is 4.58. The molecule has 0 aromatic rings. The van der Waals surface area contributed by atoms with E-state index in [1.807, 2.05) is 6.08 Å². The molecule has 0 radical (unpaired) electrons. The van der Waals surface area contributed by atoms with Gasteiger partial charge in [0.1, 0.15) is 0 Å². The Kier molecular flexibility index (Phi) is 1.80. The minimum Gasteiger partial charge on any atom is -0.295 e. The van der Waals surface area contributed by atoms with Crippen molar-refractivity contribution in [1.29, 1.82) is 0 Å². The molecule has 2 rings (SSSR count). The van der Waals surface area contributed by atoms with E-state index in [1.165, 1.54) is 25.7 Å². The van der Waals surface area contributed by atoms with Crippen molar-refractivity contribution in [3.63, 3.8) is 0 Å². The van der Waals surface area contributed by atoms with Crippen LogP contribution in [0.25, 0.3) is 0 Å². The largest absolute Gasteiger partial charge is 0.295 e. The molecular weight excluding hydrogens is 136 g/mol. The summed E-state index contributed by atoms with van der Waals surface area (Å²) < 4.78 is 0. The molecule has 0 saturated heterocycles. The molecule has 0 aromatic carbocycles. The zero-order valence-corrected chi connectivity index (χ0v) is 6.75. The van der Waals surface area contributed by atoms with Gasteiger partial charge in [0, 0.05) is 5.92 Å². The predicted molar refractivity (Wildman–Crippen MR) is 44.2 cm³/mol. The van der Waals surface area contributed by atoms with Crippen LogP contribution in [0.5, 0.6) is 0 Å². The fourth-order valence-corrected chi connectivity index (χ4v) is 1.91. The Bertz CT molecular complexity index is 193. The van der Waals surface area contributed by atoms with Crippen molar-refractivity contribution in [3.05, 3.63) is 12.2 Å². The molecule has 0 amide bonds. The Hall–Kier alpha value is -0.590. The van der Waals surface area contributed by atoms with Crippen LogP contribution in [0.1, 0.15) is 32.1 Å². The van der Waals surface area contributed by atoms with Crippen LogP contribution in [0, 0.1) is 11.8 Å². The van der Waals surface area contributed by atoms with Crippen LogP contribution < -0.4 is 0 Å². The average Bonchev–Trinajstić information content (AvgIpc) is 2.74. The normalized spacial score (nSPS) is 39.8. The van der Waals surface area contributed by atoms with Crippen molar-refractivity contribution >= 4 is 5.78 Å². The Balaban J connectivity index is 2.01. The third kappa shape index (κ3) is 1.52. The van der Waals surface area contributed by atoms with Crippen LogP contribution in [0.2, 0.25) is 0 Å². The molecule has 0 bridgehead atoms. The number of allylic oxidation sites excluding steroid dienone is 2. The monoisotopic (exact) mass is 150 g/mol. The highest BCUT2D eigenvalue weighted by Gasteiger charge is 2.40. The smallest absolute Gasteiger partial charge is 0.158 e. The Morgan fingerprint density at radius 2 is 2.27 bits per heavy atom. The van der Waals surface area contributed by atoms with E-state index in [2.05, 4.69) is 0 Å². The molecule has 0 heterocycles. The molecule has 60 valence electrons. The summed E-state index contributed by atoms with van der Waals surface area (Å²) in [5.74, 6) is 1.56. The lowest BCUT2D eigenvalue weighted by atomic mass is 10.1. The second-order valence-electron chi connectivity index (χ2n) is 3.69. The maximum atomic E-state index is 11.3. The van der Waals surface area contributed by atoms with Crippen molar-refractivity contribution < 1.29 is 4.79 Å². The lowest BCUT2D eigenvalue weighted by molar-refractivity contribution is -0.116. The van der Waals surface area contributed by atoms with E-state index >= 15 is 0 Å². The molecule has 1 heteroatoms. The Morgan fingerprint density at radius 3 is 3.18 bits per heavy atom. The van der Waals surface area contributed by atoms with Crippen LogP contribution in [0.15, 0.2) is 12.2 Å². The minimum atomic E-state index is 0.386. The van der Waals surface area contributed by atoms with Crippen molar-refractivity contribution in [1.82, 2.24) is 0 Å². The van der Waals surface area contributed by atoms with E-state index in [-0.39, 0.29) is 0 Å². The van der Waals surface area contributed by atoms with E-state index in [1.54, 1.807) is 6.08 Å². The van der Waals surface area contributed by atoms with Crippen molar-refractivity contribution in [2.75, 3.05) is 0 Å². The van der Waals surface area contributed by atoms with Gasteiger partial charge in [0.25, 0.3) is 0 Å². The number of hydrogen-bond acceptors (Lipinski definition) is 1. The first-order valence-corrected chi connectivity index (χ1v) is 4.58. The first-order chi connectivity index (χ1) is 5.38. The third-order valence-corrected chi connectivity index (χ3v) is 2.77. The molecule has 0 N–H and O–H groups in total. The summed E-state index contributed by atoms with van der Waals surface area (Å²) in [5.41, 5.74) is 0. The average molecular weight is 150 g/mol. The molecule has 0 spiro atoms. The predicted octanol–water partition coefficient (Wildman–Crippen LogP) is 2.32. The summed E-state index contributed by atoms with van der Waals surface area (Å²) in [4.78, 5) is 11.3. The summed E-state index contributed by atoms with van der Waals surface area (Å²) >= 11 is 0. The topological polar surface area (TPSA) is 17.1 Å². The van der Waals surface area contributed by atoms with E-state index in [9.17, 15) is 4.79 Å². The third-order valence-electron chi connectivity index (χ3n) is 2.77. The van der Waals surface area contributed by atoms with Gasteiger partial charge in [-0.15, -0.1) is 0 Å². The molecule has 11 heavy (non-hydrogen) atoms. The lowest BCUT2D eigenvalue weighted by Gasteiger charge is -1.93.